The summed E-state index contributed by atoms with van der Waals surface area (Å²) in [5.74, 6) is -0.865. The predicted molar refractivity (Wildman–Crippen MR) is 66.2 cm³/mol. The van der Waals surface area contributed by atoms with Crippen molar-refractivity contribution in [3.63, 3.8) is 0 Å². The van der Waals surface area contributed by atoms with Gasteiger partial charge < -0.3 is 10.0 Å². The Balaban J connectivity index is 2.28. The second-order valence-electron chi connectivity index (χ2n) is 3.89. The van der Waals surface area contributed by atoms with E-state index < -0.39 is 12.0 Å². The summed E-state index contributed by atoms with van der Waals surface area (Å²) in [5.41, 5.74) is 0.324. The average molecular weight is 267 g/mol. The molecule has 0 aliphatic carbocycles. The number of carbonyl (C=O) groups excluding carboxylic acids is 1. The number of hydrogen-bond acceptors (Lipinski definition) is 5. The Morgan fingerprint density at radius 1 is 1.50 bits per heavy atom. The first kappa shape index (κ1) is 12.8. The van der Waals surface area contributed by atoms with Crippen LogP contribution in [0.3, 0.4) is 0 Å². The summed E-state index contributed by atoms with van der Waals surface area (Å²) >= 11 is 1.49. The highest BCUT2D eigenvalue weighted by Gasteiger charge is 2.41. The van der Waals surface area contributed by atoms with Crippen molar-refractivity contribution in [2.24, 2.45) is 0 Å². The van der Waals surface area contributed by atoms with Crippen LogP contribution in [0.4, 0.5) is 0 Å². The van der Waals surface area contributed by atoms with Gasteiger partial charge in [-0.2, -0.15) is 0 Å². The first-order valence-electron chi connectivity index (χ1n) is 5.57. The molecule has 1 aromatic heterocycles. The van der Waals surface area contributed by atoms with Crippen molar-refractivity contribution in [2.75, 3.05) is 5.75 Å². The molecule has 1 saturated heterocycles. The number of carboxylic acids is 1. The predicted octanol–water partition coefficient (Wildman–Crippen LogP) is 0.855. The minimum atomic E-state index is -0.969. The van der Waals surface area contributed by atoms with Crippen LogP contribution < -0.4 is 0 Å². The molecular weight excluding hydrogens is 254 g/mol. The zero-order valence-corrected chi connectivity index (χ0v) is 10.6. The van der Waals surface area contributed by atoms with Gasteiger partial charge in [-0.3, -0.25) is 4.79 Å². The molecule has 0 radical (unpaired) electrons. The van der Waals surface area contributed by atoms with Gasteiger partial charge >= 0.3 is 5.97 Å². The SMILES string of the molecule is CCC1SCC(C(=O)O)N1C(=O)c1cncnc1. The van der Waals surface area contributed by atoms with Crippen LogP contribution in [0.5, 0.6) is 0 Å². The molecule has 1 aromatic rings. The maximum Gasteiger partial charge on any atom is 0.327 e. The number of aliphatic carboxylic acids is 1. The summed E-state index contributed by atoms with van der Waals surface area (Å²) < 4.78 is 0. The van der Waals surface area contributed by atoms with Crippen LogP contribution >= 0.6 is 11.8 Å². The van der Waals surface area contributed by atoms with E-state index in [9.17, 15) is 9.59 Å². The minimum Gasteiger partial charge on any atom is -0.480 e. The average Bonchev–Trinajstić information content (AvgIpc) is 2.82. The molecule has 7 heteroatoms. The molecule has 1 amide bonds. The maximum absolute atomic E-state index is 12.3. The Kier molecular flexibility index (Phi) is 3.81. The summed E-state index contributed by atoms with van der Waals surface area (Å²) in [4.78, 5) is 32.5. The third-order valence-corrected chi connectivity index (χ3v) is 4.22. The highest BCUT2D eigenvalue weighted by atomic mass is 32.2. The topological polar surface area (TPSA) is 83.4 Å². The zero-order chi connectivity index (χ0) is 13.1. The third kappa shape index (κ3) is 2.31. The molecule has 2 unspecified atom stereocenters. The fourth-order valence-electron chi connectivity index (χ4n) is 1.90. The van der Waals surface area contributed by atoms with Gasteiger partial charge in [0.2, 0.25) is 0 Å². The van der Waals surface area contributed by atoms with Crippen LogP contribution in [-0.4, -0.2) is 49.0 Å². The van der Waals surface area contributed by atoms with Gasteiger partial charge in [-0.15, -0.1) is 11.8 Å². The summed E-state index contributed by atoms with van der Waals surface area (Å²) in [7, 11) is 0. The molecule has 1 aliphatic rings. The maximum atomic E-state index is 12.3. The van der Waals surface area contributed by atoms with Crippen LogP contribution in [0.25, 0.3) is 0 Å². The lowest BCUT2D eigenvalue weighted by molar-refractivity contribution is -0.141. The molecule has 18 heavy (non-hydrogen) atoms. The fraction of sp³-hybridized carbons (Fsp3) is 0.455. The molecule has 2 rings (SSSR count). The van der Waals surface area contributed by atoms with Crippen molar-refractivity contribution in [2.45, 2.75) is 24.8 Å². The van der Waals surface area contributed by atoms with E-state index in [0.29, 0.717) is 17.7 Å². The van der Waals surface area contributed by atoms with Gasteiger partial charge in [-0.1, -0.05) is 6.92 Å². The van der Waals surface area contributed by atoms with E-state index in [4.69, 9.17) is 5.11 Å². The largest absolute Gasteiger partial charge is 0.480 e. The summed E-state index contributed by atoms with van der Waals surface area (Å²) in [6.07, 6.45) is 4.86. The van der Waals surface area contributed by atoms with Crippen LogP contribution in [0.2, 0.25) is 0 Å². The number of rotatable bonds is 3. The van der Waals surface area contributed by atoms with Gasteiger partial charge in [0.25, 0.3) is 5.91 Å². The van der Waals surface area contributed by atoms with Crippen molar-refractivity contribution >= 4 is 23.6 Å². The molecule has 0 spiro atoms. The highest BCUT2D eigenvalue weighted by molar-refractivity contribution is 8.00. The number of amides is 1. The van der Waals surface area contributed by atoms with Gasteiger partial charge in [-0.05, 0) is 6.42 Å². The monoisotopic (exact) mass is 267 g/mol. The quantitative estimate of drug-likeness (QED) is 0.874. The smallest absolute Gasteiger partial charge is 0.327 e. The molecule has 1 aliphatic heterocycles. The summed E-state index contributed by atoms with van der Waals surface area (Å²) in [6.45, 7) is 1.93. The molecule has 96 valence electrons. The summed E-state index contributed by atoms with van der Waals surface area (Å²) in [5, 5.41) is 9.06. The normalized spacial score (nSPS) is 23.1. The van der Waals surface area contributed by atoms with Crippen molar-refractivity contribution in [3.05, 3.63) is 24.3 Å². The van der Waals surface area contributed by atoms with Gasteiger partial charge in [0.05, 0.1) is 10.9 Å². The van der Waals surface area contributed by atoms with E-state index in [-0.39, 0.29) is 11.3 Å². The molecule has 0 bridgehead atoms. The van der Waals surface area contributed by atoms with Gasteiger partial charge in [0.1, 0.15) is 12.4 Å². The molecule has 6 nitrogen and oxygen atoms in total. The first-order valence-corrected chi connectivity index (χ1v) is 6.62. The van der Waals surface area contributed by atoms with Crippen molar-refractivity contribution in [3.8, 4) is 0 Å². The Morgan fingerprint density at radius 2 is 2.17 bits per heavy atom. The van der Waals surface area contributed by atoms with Crippen molar-refractivity contribution in [1.29, 1.82) is 0 Å². The van der Waals surface area contributed by atoms with E-state index in [0.717, 1.165) is 0 Å². The van der Waals surface area contributed by atoms with Crippen LogP contribution in [0, 0.1) is 0 Å². The second kappa shape index (κ2) is 5.34. The highest BCUT2D eigenvalue weighted by Crippen LogP contribution is 2.32. The van der Waals surface area contributed by atoms with Gasteiger partial charge in [-0.25, -0.2) is 14.8 Å². The van der Waals surface area contributed by atoms with Crippen molar-refractivity contribution in [1.82, 2.24) is 14.9 Å². The fourth-order valence-corrected chi connectivity index (χ4v) is 3.25. The Labute approximate surface area is 108 Å². The van der Waals surface area contributed by atoms with E-state index in [1.807, 2.05) is 6.92 Å². The number of nitrogens with zero attached hydrogens (tertiary/aromatic N) is 3. The molecule has 2 heterocycles. The number of thioether (sulfide) groups is 1. The minimum absolute atomic E-state index is 0.0983. The van der Waals surface area contributed by atoms with E-state index >= 15 is 0 Å². The lowest BCUT2D eigenvalue weighted by Crippen LogP contribution is -2.45. The number of hydrogen-bond donors (Lipinski definition) is 1. The molecule has 0 saturated carbocycles. The Bertz CT molecular complexity index is 454. The van der Waals surface area contributed by atoms with E-state index in [1.165, 1.54) is 35.4 Å². The molecule has 0 aromatic carbocycles. The second-order valence-corrected chi connectivity index (χ2v) is 5.10. The molecule has 1 N–H and O–H groups in total. The number of carbonyl (C=O) groups is 2. The molecule has 2 atom stereocenters. The summed E-state index contributed by atoms with van der Waals surface area (Å²) in [6, 6.07) is -0.771. The van der Waals surface area contributed by atoms with Crippen molar-refractivity contribution < 1.29 is 14.7 Å². The Morgan fingerprint density at radius 3 is 2.72 bits per heavy atom. The molecule has 1 fully saturated rings. The van der Waals surface area contributed by atoms with Crippen LogP contribution in [0.15, 0.2) is 18.7 Å². The number of aromatic nitrogens is 2. The standard InChI is InChI=1S/C11H13N3O3S/c1-2-9-14(8(5-18-9)11(16)17)10(15)7-3-12-6-13-4-7/h3-4,6,8-9H,2,5H2,1H3,(H,16,17). The van der Waals surface area contributed by atoms with Crippen LogP contribution in [0.1, 0.15) is 23.7 Å². The lowest BCUT2D eigenvalue weighted by Gasteiger charge is -2.26. The van der Waals surface area contributed by atoms with E-state index in [2.05, 4.69) is 9.97 Å². The van der Waals surface area contributed by atoms with Gasteiger partial charge in [0, 0.05) is 18.1 Å². The van der Waals surface area contributed by atoms with Crippen LogP contribution in [-0.2, 0) is 4.79 Å². The first-order chi connectivity index (χ1) is 8.65. The number of carboxylic acid groups (broad SMARTS) is 1. The lowest BCUT2D eigenvalue weighted by atomic mass is 10.2. The third-order valence-electron chi connectivity index (χ3n) is 2.77. The molecular formula is C11H13N3O3S. The Hall–Kier alpha value is -1.63. The zero-order valence-electron chi connectivity index (χ0n) is 9.81. The van der Waals surface area contributed by atoms with E-state index in [1.54, 1.807) is 0 Å². The van der Waals surface area contributed by atoms with Gasteiger partial charge in [0.15, 0.2) is 0 Å².